The zero-order valence-corrected chi connectivity index (χ0v) is 9.28. The molecule has 0 aromatic rings. The molecule has 1 atom stereocenters. The van der Waals surface area contributed by atoms with Gasteiger partial charge >= 0.3 is 6.18 Å². The zero-order chi connectivity index (χ0) is 11.4. The van der Waals surface area contributed by atoms with Gasteiger partial charge in [0.15, 0.2) is 0 Å². The first kappa shape index (κ1) is 16.9. The summed E-state index contributed by atoms with van der Waals surface area (Å²) in [5.74, 6) is -0.795. The third-order valence-corrected chi connectivity index (χ3v) is 1.36. The molecular formula is C7H15ClF3N3O. The fraction of sp³-hybridized carbons (Fsp3) is 0.857. The normalized spacial score (nSPS) is 13.3. The average Bonchev–Trinajstić information content (AvgIpc) is 1.97. The lowest BCUT2D eigenvalue weighted by Crippen LogP contribution is -2.48. The minimum absolute atomic E-state index is 0. The van der Waals surface area contributed by atoms with Crippen LogP contribution in [-0.4, -0.2) is 50.2 Å². The minimum Gasteiger partial charge on any atom is -0.346 e. The number of nitrogens with two attached hydrogens (primary N) is 1. The van der Waals surface area contributed by atoms with Gasteiger partial charge in [-0.2, -0.15) is 13.2 Å². The van der Waals surface area contributed by atoms with Crippen molar-refractivity contribution in [2.24, 2.45) is 5.73 Å². The Labute approximate surface area is 92.4 Å². The van der Waals surface area contributed by atoms with E-state index >= 15 is 0 Å². The summed E-state index contributed by atoms with van der Waals surface area (Å²) in [6.07, 6.45) is -4.40. The second kappa shape index (κ2) is 6.86. The van der Waals surface area contributed by atoms with Crippen molar-refractivity contribution in [3.8, 4) is 0 Å². The van der Waals surface area contributed by atoms with Gasteiger partial charge in [0, 0.05) is 6.54 Å². The van der Waals surface area contributed by atoms with Crippen LogP contribution in [0.2, 0.25) is 0 Å². The lowest BCUT2D eigenvalue weighted by Gasteiger charge is -2.17. The highest BCUT2D eigenvalue weighted by molar-refractivity contribution is 5.85. The van der Waals surface area contributed by atoms with Gasteiger partial charge in [-0.05, 0) is 14.1 Å². The van der Waals surface area contributed by atoms with Crippen LogP contribution < -0.4 is 11.1 Å². The lowest BCUT2D eigenvalue weighted by atomic mass is 10.3. The molecule has 0 spiro atoms. The second-order valence-electron chi connectivity index (χ2n) is 3.20. The highest BCUT2D eigenvalue weighted by Gasteiger charge is 2.28. The van der Waals surface area contributed by atoms with Crippen molar-refractivity contribution >= 4 is 18.3 Å². The minimum atomic E-state index is -4.40. The van der Waals surface area contributed by atoms with E-state index in [2.05, 4.69) is 0 Å². The van der Waals surface area contributed by atoms with Crippen LogP contribution in [0, 0.1) is 0 Å². The van der Waals surface area contributed by atoms with Crippen LogP contribution in [0.15, 0.2) is 0 Å². The summed E-state index contributed by atoms with van der Waals surface area (Å²) >= 11 is 0. The molecule has 0 aromatic heterocycles. The van der Waals surface area contributed by atoms with Gasteiger partial charge in [-0.25, -0.2) is 0 Å². The Morgan fingerprint density at radius 3 is 2.27 bits per heavy atom. The van der Waals surface area contributed by atoms with Crippen molar-refractivity contribution in [1.82, 2.24) is 10.2 Å². The summed E-state index contributed by atoms with van der Waals surface area (Å²) in [4.78, 5) is 12.6. The Hall–Kier alpha value is -0.530. The molecule has 8 heteroatoms. The van der Waals surface area contributed by atoms with E-state index in [4.69, 9.17) is 5.73 Å². The highest BCUT2D eigenvalue weighted by atomic mass is 35.5. The molecule has 4 nitrogen and oxygen atoms in total. The molecule has 1 unspecified atom stereocenters. The molecule has 0 rings (SSSR count). The monoisotopic (exact) mass is 249 g/mol. The first-order valence-electron chi connectivity index (χ1n) is 3.97. The van der Waals surface area contributed by atoms with Crippen LogP contribution >= 0.6 is 12.4 Å². The standard InChI is InChI=1S/C7H14F3N3O.ClH/c1-13(2)3-5(11)6(14)12-4-7(8,9)10;/h5H,3-4,11H2,1-2H3,(H,12,14);1H. The van der Waals surface area contributed by atoms with E-state index in [1.54, 1.807) is 24.3 Å². The zero-order valence-electron chi connectivity index (χ0n) is 8.47. The molecule has 0 radical (unpaired) electrons. The Balaban J connectivity index is 0. The van der Waals surface area contributed by atoms with Crippen molar-refractivity contribution < 1.29 is 18.0 Å². The number of hydrogen-bond acceptors (Lipinski definition) is 3. The van der Waals surface area contributed by atoms with Crippen molar-refractivity contribution in [2.45, 2.75) is 12.2 Å². The van der Waals surface area contributed by atoms with E-state index in [-0.39, 0.29) is 19.0 Å². The van der Waals surface area contributed by atoms with Crippen LogP contribution in [0.5, 0.6) is 0 Å². The number of nitrogens with zero attached hydrogens (tertiary/aromatic N) is 1. The highest BCUT2D eigenvalue weighted by Crippen LogP contribution is 2.11. The number of alkyl halides is 3. The van der Waals surface area contributed by atoms with Gasteiger partial charge in [-0.3, -0.25) is 4.79 Å². The molecule has 0 aliphatic rings. The molecule has 0 saturated heterocycles. The number of amides is 1. The molecule has 0 fully saturated rings. The third kappa shape index (κ3) is 9.77. The number of carbonyl (C=O) groups excluding carboxylic acids is 1. The molecule has 0 aliphatic heterocycles. The molecule has 0 heterocycles. The Kier molecular flexibility index (Phi) is 7.72. The molecular weight excluding hydrogens is 235 g/mol. The van der Waals surface area contributed by atoms with Gasteiger partial charge in [0.05, 0.1) is 6.04 Å². The predicted octanol–water partition coefficient (Wildman–Crippen LogP) is -0.0244. The van der Waals surface area contributed by atoms with Gasteiger partial charge in [0.25, 0.3) is 0 Å². The Morgan fingerprint density at radius 2 is 1.93 bits per heavy atom. The lowest BCUT2D eigenvalue weighted by molar-refractivity contribution is -0.139. The summed E-state index contributed by atoms with van der Waals surface area (Å²) in [6.45, 7) is -1.13. The van der Waals surface area contributed by atoms with E-state index in [9.17, 15) is 18.0 Å². The smallest absolute Gasteiger partial charge is 0.346 e. The van der Waals surface area contributed by atoms with E-state index in [0.29, 0.717) is 0 Å². The maximum Gasteiger partial charge on any atom is 0.405 e. The average molecular weight is 250 g/mol. The fourth-order valence-corrected chi connectivity index (χ4v) is 0.795. The molecule has 92 valence electrons. The van der Waals surface area contributed by atoms with Crippen LogP contribution in [0.1, 0.15) is 0 Å². The molecule has 0 aliphatic carbocycles. The molecule has 15 heavy (non-hydrogen) atoms. The summed E-state index contributed by atoms with van der Waals surface area (Å²) < 4.78 is 35.0. The van der Waals surface area contributed by atoms with Crippen molar-refractivity contribution in [2.75, 3.05) is 27.2 Å². The molecule has 1 amide bonds. The van der Waals surface area contributed by atoms with E-state index in [0.717, 1.165) is 0 Å². The molecule has 0 bridgehead atoms. The Morgan fingerprint density at radius 1 is 1.47 bits per heavy atom. The number of carbonyl (C=O) groups is 1. The topological polar surface area (TPSA) is 58.4 Å². The maximum atomic E-state index is 11.7. The van der Waals surface area contributed by atoms with Gasteiger partial charge in [-0.15, -0.1) is 12.4 Å². The van der Waals surface area contributed by atoms with E-state index in [1.165, 1.54) is 0 Å². The number of hydrogen-bond donors (Lipinski definition) is 2. The van der Waals surface area contributed by atoms with Crippen LogP contribution in [-0.2, 0) is 4.79 Å². The van der Waals surface area contributed by atoms with Crippen molar-refractivity contribution in [1.29, 1.82) is 0 Å². The fourth-order valence-electron chi connectivity index (χ4n) is 0.795. The van der Waals surface area contributed by atoms with Crippen LogP contribution in [0.4, 0.5) is 13.2 Å². The number of rotatable bonds is 4. The molecule has 0 saturated carbocycles. The van der Waals surface area contributed by atoms with Gasteiger partial charge in [0.2, 0.25) is 5.91 Å². The predicted molar refractivity (Wildman–Crippen MR) is 52.8 cm³/mol. The van der Waals surface area contributed by atoms with E-state index < -0.39 is 24.7 Å². The molecule has 0 aromatic carbocycles. The summed E-state index contributed by atoms with van der Waals surface area (Å²) in [6, 6.07) is -0.938. The molecule has 3 N–H and O–H groups in total. The van der Waals surface area contributed by atoms with Crippen LogP contribution in [0.3, 0.4) is 0 Å². The van der Waals surface area contributed by atoms with Crippen LogP contribution in [0.25, 0.3) is 0 Å². The first-order chi connectivity index (χ1) is 6.22. The second-order valence-corrected chi connectivity index (χ2v) is 3.20. The van der Waals surface area contributed by atoms with Gasteiger partial charge in [-0.1, -0.05) is 0 Å². The number of likely N-dealkylation sites (N-methyl/N-ethyl adjacent to an activating group) is 1. The summed E-state index contributed by atoms with van der Waals surface area (Å²) in [5.41, 5.74) is 5.33. The van der Waals surface area contributed by atoms with E-state index in [1.807, 2.05) is 0 Å². The van der Waals surface area contributed by atoms with Gasteiger partial charge < -0.3 is 16.0 Å². The summed E-state index contributed by atoms with van der Waals surface area (Å²) in [7, 11) is 3.35. The maximum absolute atomic E-state index is 11.7. The quantitative estimate of drug-likeness (QED) is 0.736. The number of nitrogens with one attached hydrogen (secondary N) is 1. The Bertz CT molecular complexity index is 198. The van der Waals surface area contributed by atoms with Gasteiger partial charge in [0.1, 0.15) is 6.54 Å². The number of halogens is 4. The van der Waals surface area contributed by atoms with Crippen molar-refractivity contribution in [3.63, 3.8) is 0 Å². The first-order valence-corrected chi connectivity index (χ1v) is 3.97. The third-order valence-electron chi connectivity index (χ3n) is 1.36. The largest absolute Gasteiger partial charge is 0.405 e. The van der Waals surface area contributed by atoms with Crippen molar-refractivity contribution in [3.05, 3.63) is 0 Å². The summed E-state index contributed by atoms with van der Waals surface area (Å²) in [5, 5.41) is 1.71. The SMILES string of the molecule is CN(C)CC(N)C(=O)NCC(F)(F)F.Cl.